The lowest BCUT2D eigenvalue weighted by atomic mass is 10.1. The molecule has 2 aliphatic heterocycles. The number of carbonyl (C=O) groups is 1. The van der Waals surface area contributed by atoms with Gasteiger partial charge in [0.05, 0.1) is 10.9 Å². The van der Waals surface area contributed by atoms with Gasteiger partial charge in [0.25, 0.3) is 10.0 Å². The predicted molar refractivity (Wildman–Crippen MR) is 91.4 cm³/mol. The standard InChI is InChI=1S/C16H22N4O3S/c1-11(9-15(21)19-12-5-4-8-17-10-12)18-16-13-6-2-3-7-14(13)24(22,23)20-16/h2-3,6-7,11-12,17H,4-5,8-10H2,1H3,(H,18,20)(H,19,21)/t11?,12-/m0/s1. The molecule has 0 aliphatic carbocycles. The van der Waals surface area contributed by atoms with Gasteiger partial charge in [-0.1, -0.05) is 12.1 Å². The molecule has 1 amide bonds. The zero-order valence-corrected chi connectivity index (χ0v) is 14.4. The Morgan fingerprint density at radius 3 is 2.96 bits per heavy atom. The molecule has 1 aromatic rings. The number of amidine groups is 1. The summed E-state index contributed by atoms with van der Waals surface area (Å²) in [6, 6.07) is 6.56. The average Bonchev–Trinajstić information content (AvgIpc) is 2.79. The third-order valence-electron chi connectivity index (χ3n) is 4.16. The smallest absolute Gasteiger partial charge is 0.263 e. The van der Waals surface area contributed by atoms with Crippen LogP contribution in [0.4, 0.5) is 0 Å². The van der Waals surface area contributed by atoms with Crippen LogP contribution in [0.1, 0.15) is 31.7 Å². The molecule has 0 radical (unpaired) electrons. The normalized spacial score (nSPS) is 24.9. The fraction of sp³-hybridized carbons (Fsp3) is 0.500. The maximum Gasteiger partial charge on any atom is 0.263 e. The lowest BCUT2D eigenvalue weighted by molar-refractivity contribution is -0.122. The number of hydrogen-bond acceptors (Lipinski definition) is 5. The summed E-state index contributed by atoms with van der Waals surface area (Å²) >= 11 is 0. The molecule has 8 heteroatoms. The van der Waals surface area contributed by atoms with Crippen molar-refractivity contribution >= 4 is 21.8 Å². The minimum absolute atomic E-state index is 0.0605. The van der Waals surface area contributed by atoms with Crippen molar-refractivity contribution in [1.82, 2.24) is 15.4 Å². The summed E-state index contributed by atoms with van der Waals surface area (Å²) in [5.74, 6) is 0.250. The summed E-state index contributed by atoms with van der Waals surface area (Å²) in [6.45, 7) is 3.60. The van der Waals surface area contributed by atoms with Crippen molar-refractivity contribution in [2.75, 3.05) is 13.1 Å². The number of sulfonamides is 1. The summed E-state index contributed by atoms with van der Waals surface area (Å²) < 4.78 is 26.6. The van der Waals surface area contributed by atoms with Gasteiger partial charge in [-0.15, -0.1) is 0 Å². The van der Waals surface area contributed by atoms with Crippen molar-refractivity contribution in [3.05, 3.63) is 29.8 Å². The van der Waals surface area contributed by atoms with E-state index >= 15 is 0 Å². The van der Waals surface area contributed by atoms with E-state index in [0.29, 0.717) is 11.4 Å². The number of nitrogens with one attached hydrogen (secondary N) is 3. The molecule has 1 unspecified atom stereocenters. The Morgan fingerprint density at radius 2 is 2.21 bits per heavy atom. The first-order chi connectivity index (χ1) is 11.5. The van der Waals surface area contributed by atoms with Crippen molar-refractivity contribution in [1.29, 1.82) is 0 Å². The molecule has 1 fully saturated rings. The van der Waals surface area contributed by atoms with Crippen LogP contribution >= 0.6 is 0 Å². The quantitative estimate of drug-likeness (QED) is 0.730. The maximum absolute atomic E-state index is 12.1. The van der Waals surface area contributed by atoms with Gasteiger partial charge in [0.2, 0.25) is 5.91 Å². The first kappa shape index (κ1) is 16.9. The summed E-state index contributed by atoms with van der Waals surface area (Å²) in [4.78, 5) is 16.7. The number of aliphatic imine (C=N–C) groups is 1. The molecule has 1 saturated heterocycles. The molecule has 0 aromatic heterocycles. The van der Waals surface area contributed by atoms with Crippen LogP contribution in [0.3, 0.4) is 0 Å². The second kappa shape index (κ2) is 6.90. The lowest BCUT2D eigenvalue weighted by Gasteiger charge is -2.24. The van der Waals surface area contributed by atoms with Gasteiger partial charge in [0.15, 0.2) is 0 Å². The Hall–Kier alpha value is -1.93. The van der Waals surface area contributed by atoms with Gasteiger partial charge in [-0.2, -0.15) is 0 Å². The first-order valence-corrected chi connectivity index (χ1v) is 9.64. The highest BCUT2D eigenvalue weighted by Gasteiger charge is 2.30. The minimum Gasteiger partial charge on any atom is -0.352 e. The van der Waals surface area contributed by atoms with E-state index in [4.69, 9.17) is 0 Å². The van der Waals surface area contributed by atoms with Crippen LogP contribution in [0.2, 0.25) is 0 Å². The average molecular weight is 350 g/mol. The van der Waals surface area contributed by atoms with Crippen LogP contribution in [0.25, 0.3) is 0 Å². The van der Waals surface area contributed by atoms with Crippen LogP contribution in [0, 0.1) is 0 Å². The molecule has 0 saturated carbocycles. The van der Waals surface area contributed by atoms with Crippen LogP contribution in [0.5, 0.6) is 0 Å². The van der Waals surface area contributed by atoms with Gasteiger partial charge in [-0.25, -0.2) is 8.42 Å². The summed E-state index contributed by atoms with van der Waals surface area (Å²) in [5, 5.41) is 6.25. The number of benzene rings is 1. The Morgan fingerprint density at radius 1 is 1.42 bits per heavy atom. The summed E-state index contributed by atoms with van der Waals surface area (Å²) in [5.41, 5.74) is 0.557. The topological polar surface area (TPSA) is 99.7 Å². The molecule has 24 heavy (non-hydrogen) atoms. The summed E-state index contributed by atoms with van der Waals surface area (Å²) in [7, 11) is -3.54. The number of carbonyl (C=O) groups excluding carboxylic acids is 1. The van der Waals surface area contributed by atoms with Gasteiger partial charge < -0.3 is 10.6 Å². The highest BCUT2D eigenvalue weighted by Crippen LogP contribution is 2.22. The lowest BCUT2D eigenvalue weighted by Crippen LogP contribution is -2.46. The Bertz CT molecular complexity index is 754. The number of hydrogen-bond donors (Lipinski definition) is 3. The number of rotatable bonds is 4. The molecule has 3 rings (SSSR count). The molecular weight excluding hydrogens is 328 g/mol. The Labute approximate surface area is 142 Å². The molecule has 3 N–H and O–H groups in total. The first-order valence-electron chi connectivity index (χ1n) is 8.16. The van der Waals surface area contributed by atoms with E-state index in [0.717, 1.165) is 25.9 Å². The van der Waals surface area contributed by atoms with Gasteiger partial charge in [0, 0.05) is 24.6 Å². The number of nitrogens with zero attached hydrogens (tertiary/aromatic N) is 1. The summed E-state index contributed by atoms with van der Waals surface area (Å²) in [6.07, 6.45) is 2.26. The predicted octanol–water partition coefficient (Wildman–Crippen LogP) is 0.372. The SMILES string of the molecule is CC(CC(=O)N[C@H]1CCCNC1)N=C1NS(=O)(=O)c2ccccc21. The van der Waals surface area contributed by atoms with Crippen LogP contribution < -0.4 is 15.4 Å². The van der Waals surface area contributed by atoms with Gasteiger partial charge in [-0.3, -0.25) is 14.5 Å². The molecule has 1 aromatic carbocycles. The zero-order chi connectivity index (χ0) is 17.2. The molecular formula is C16H22N4O3S. The van der Waals surface area contributed by atoms with Gasteiger partial charge >= 0.3 is 0 Å². The van der Waals surface area contributed by atoms with E-state index in [9.17, 15) is 13.2 Å². The fourth-order valence-corrected chi connectivity index (χ4v) is 4.26. The van der Waals surface area contributed by atoms with E-state index in [1.807, 2.05) is 0 Å². The largest absolute Gasteiger partial charge is 0.352 e. The molecule has 0 bridgehead atoms. The second-order valence-corrected chi connectivity index (χ2v) is 7.89. The van der Waals surface area contributed by atoms with E-state index in [1.165, 1.54) is 0 Å². The molecule has 130 valence electrons. The van der Waals surface area contributed by atoms with Crippen LogP contribution in [0.15, 0.2) is 34.2 Å². The number of amides is 1. The van der Waals surface area contributed by atoms with E-state index in [-0.39, 0.29) is 29.3 Å². The minimum atomic E-state index is -3.54. The Kier molecular flexibility index (Phi) is 4.86. The molecule has 2 atom stereocenters. The second-order valence-electron chi connectivity index (χ2n) is 6.24. The number of piperidine rings is 1. The third kappa shape index (κ3) is 3.76. The van der Waals surface area contributed by atoms with E-state index in [1.54, 1.807) is 31.2 Å². The monoisotopic (exact) mass is 350 g/mol. The van der Waals surface area contributed by atoms with Crippen molar-refractivity contribution in [3.63, 3.8) is 0 Å². The molecule has 7 nitrogen and oxygen atoms in total. The van der Waals surface area contributed by atoms with Crippen LogP contribution in [-0.4, -0.2) is 45.3 Å². The fourth-order valence-electron chi connectivity index (χ4n) is 3.03. The highest BCUT2D eigenvalue weighted by molar-refractivity contribution is 7.90. The van der Waals surface area contributed by atoms with E-state index < -0.39 is 10.0 Å². The highest BCUT2D eigenvalue weighted by atomic mass is 32.2. The van der Waals surface area contributed by atoms with Gasteiger partial charge in [0.1, 0.15) is 5.84 Å². The third-order valence-corrected chi connectivity index (χ3v) is 5.55. The van der Waals surface area contributed by atoms with Crippen LogP contribution in [-0.2, 0) is 14.8 Å². The number of fused-ring (bicyclic) bond motifs is 1. The molecule has 0 spiro atoms. The maximum atomic E-state index is 12.1. The van der Waals surface area contributed by atoms with Crippen molar-refractivity contribution < 1.29 is 13.2 Å². The van der Waals surface area contributed by atoms with Crippen molar-refractivity contribution in [3.8, 4) is 0 Å². The van der Waals surface area contributed by atoms with Gasteiger partial charge in [-0.05, 0) is 38.4 Å². The van der Waals surface area contributed by atoms with E-state index in [2.05, 4.69) is 20.3 Å². The van der Waals surface area contributed by atoms with Crippen molar-refractivity contribution in [2.24, 2.45) is 4.99 Å². The molecule has 2 heterocycles. The Balaban J connectivity index is 1.65. The molecule has 2 aliphatic rings. The zero-order valence-electron chi connectivity index (χ0n) is 13.6. The van der Waals surface area contributed by atoms with Crippen molar-refractivity contribution in [2.45, 2.75) is 43.2 Å².